The molecule has 0 aromatic carbocycles. The lowest BCUT2D eigenvalue weighted by atomic mass is 10.1. The minimum absolute atomic E-state index is 0.128. The average Bonchev–Trinajstić information content (AvgIpc) is 2.90. The monoisotopic (exact) mass is 224 g/mol. The van der Waals surface area contributed by atoms with E-state index in [1.54, 1.807) is 0 Å². The van der Waals surface area contributed by atoms with Crippen LogP contribution in [0.25, 0.3) is 0 Å². The van der Waals surface area contributed by atoms with Gasteiger partial charge in [0.2, 0.25) is 0 Å². The number of nitrogens with one attached hydrogen (secondary N) is 2. The lowest BCUT2D eigenvalue weighted by Crippen LogP contribution is -2.54. The summed E-state index contributed by atoms with van der Waals surface area (Å²) in [5.74, 6) is 0. The standard InChI is InChI=1S/C11H20N4O/c16-11-13-6-10-8-14(4-5-15(10)11)7-9-2-1-3-12-9/h9-10,12H,1-8H2,(H,13,16)/t9-,10?/m0/s1. The number of hydrogen-bond donors (Lipinski definition) is 2. The van der Waals surface area contributed by atoms with Crippen molar-refractivity contribution in [2.45, 2.75) is 24.9 Å². The minimum Gasteiger partial charge on any atom is -0.336 e. The smallest absolute Gasteiger partial charge is 0.317 e. The van der Waals surface area contributed by atoms with Crippen molar-refractivity contribution in [1.82, 2.24) is 20.4 Å². The van der Waals surface area contributed by atoms with E-state index in [9.17, 15) is 4.79 Å². The molecule has 3 heterocycles. The van der Waals surface area contributed by atoms with Crippen LogP contribution in [0.2, 0.25) is 0 Å². The highest BCUT2D eigenvalue weighted by Crippen LogP contribution is 2.15. The second kappa shape index (κ2) is 4.22. The van der Waals surface area contributed by atoms with Crippen LogP contribution in [-0.4, -0.2) is 67.2 Å². The van der Waals surface area contributed by atoms with E-state index in [1.807, 2.05) is 4.90 Å². The van der Waals surface area contributed by atoms with E-state index in [2.05, 4.69) is 15.5 Å². The van der Waals surface area contributed by atoms with Gasteiger partial charge in [-0.15, -0.1) is 0 Å². The van der Waals surface area contributed by atoms with Crippen LogP contribution >= 0.6 is 0 Å². The summed E-state index contributed by atoms with van der Waals surface area (Å²) in [7, 11) is 0. The van der Waals surface area contributed by atoms with Gasteiger partial charge < -0.3 is 15.5 Å². The second-order valence-corrected chi connectivity index (χ2v) is 5.09. The Morgan fingerprint density at radius 3 is 3.12 bits per heavy atom. The average molecular weight is 224 g/mol. The van der Waals surface area contributed by atoms with Crippen LogP contribution in [0.3, 0.4) is 0 Å². The first-order valence-corrected chi connectivity index (χ1v) is 6.33. The molecule has 0 aromatic heterocycles. The van der Waals surface area contributed by atoms with E-state index in [0.29, 0.717) is 12.1 Å². The van der Waals surface area contributed by atoms with Crippen molar-refractivity contribution in [3.05, 3.63) is 0 Å². The summed E-state index contributed by atoms with van der Waals surface area (Å²) in [6, 6.07) is 1.21. The molecule has 3 saturated heterocycles. The molecule has 0 spiro atoms. The Hall–Kier alpha value is -0.810. The first kappa shape index (κ1) is 10.4. The maximum absolute atomic E-state index is 11.4. The third kappa shape index (κ3) is 1.89. The highest BCUT2D eigenvalue weighted by molar-refractivity contribution is 5.77. The number of rotatable bonds is 2. The Balaban J connectivity index is 1.53. The van der Waals surface area contributed by atoms with Gasteiger partial charge in [0.25, 0.3) is 0 Å². The maximum atomic E-state index is 11.4. The van der Waals surface area contributed by atoms with Gasteiger partial charge in [0.1, 0.15) is 0 Å². The fourth-order valence-corrected chi connectivity index (χ4v) is 3.06. The van der Waals surface area contributed by atoms with Crippen molar-refractivity contribution in [2.24, 2.45) is 0 Å². The van der Waals surface area contributed by atoms with Crippen LogP contribution in [0.4, 0.5) is 4.79 Å². The summed E-state index contributed by atoms with van der Waals surface area (Å²) in [5.41, 5.74) is 0. The summed E-state index contributed by atoms with van der Waals surface area (Å²) >= 11 is 0. The quantitative estimate of drug-likeness (QED) is 0.661. The molecule has 1 unspecified atom stereocenters. The van der Waals surface area contributed by atoms with Crippen LogP contribution < -0.4 is 10.6 Å². The third-order valence-electron chi connectivity index (χ3n) is 3.96. The zero-order chi connectivity index (χ0) is 11.0. The van der Waals surface area contributed by atoms with Gasteiger partial charge in [0.15, 0.2) is 0 Å². The molecule has 3 rings (SSSR count). The molecule has 3 aliphatic heterocycles. The lowest BCUT2D eigenvalue weighted by molar-refractivity contribution is 0.115. The van der Waals surface area contributed by atoms with Gasteiger partial charge in [-0.3, -0.25) is 4.90 Å². The Morgan fingerprint density at radius 1 is 1.38 bits per heavy atom. The molecule has 0 bridgehead atoms. The fourth-order valence-electron chi connectivity index (χ4n) is 3.06. The van der Waals surface area contributed by atoms with Crippen molar-refractivity contribution < 1.29 is 4.79 Å². The highest BCUT2D eigenvalue weighted by atomic mass is 16.2. The highest BCUT2D eigenvalue weighted by Gasteiger charge is 2.35. The molecule has 0 radical (unpaired) electrons. The van der Waals surface area contributed by atoms with Gasteiger partial charge in [-0.05, 0) is 19.4 Å². The maximum Gasteiger partial charge on any atom is 0.317 e. The van der Waals surface area contributed by atoms with E-state index in [1.165, 1.54) is 19.4 Å². The SMILES string of the molecule is O=C1NCC2CN(C[C@@H]3CCCN3)CCN12. The number of hydrogen-bond acceptors (Lipinski definition) is 3. The van der Waals surface area contributed by atoms with Crippen LogP contribution in [0, 0.1) is 0 Å². The van der Waals surface area contributed by atoms with Crippen LogP contribution in [0.15, 0.2) is 0 Å². The molecular weight excluding hydrogens is 204 g/mol. The molecule has 90 valence electrons. The van der Waals surface area contributed by atoms with Crippen molar-refractivity contribution in [3.63, 3.8) is 0 Å². The van der Waals surface area contributed by atoms with E-state index in [0.717, 1.165) is 32.7 Å². The van der Waals surface area contributed by atoms with Crippen LogP contribution in [0.5, 0.6) is 0 Å². The number of nitrogens with zero attached hydrogens (tertiary/aromatic N) is 2. The Morgan fingerprint density at radius 2 is 2.31 bits per heavy atom. The number of amides is 2. The molecule has 16 heavy (non-hydrogen) atoms. The zero-order valence-corrected chi connectivity index (χ0v) is 9.61. The minimum atomic E-state index is 0.128. The van der Waals surface area contributed by atoms with Gasteiger partial charge in [0, 0.05) is 38.8 Å². The van der Waals surface area contributed by atoms with Crippen molar-refractivity contribution in [1.29, 1.82) is 0 Å². The second-order valence-electron chi connectivity index (χ2n) is 5.09. The molecular formula is C11H20N4O. The fraction of sp³-hybridized carbons (Fsp3) is 0.909. The number of piperazine rings is 1. The largest absolute Gasteiger partial charge is 0.336 e. The van der Waals surface area contributed by atoms with Gasteiger partial charge in [0.05, 0.1) is 6.04 Å². The topological polar surface area (TPSA) is 47.6 Å². The molecule has 0 aliphatic carbocycles. The molecule has 5 nitrogen and oxygen atoms in total. The summed E-state index contributed by atoms with van der Waals surface area (Å²) in [4.78, 5) is 15.9. The first-order valence-electron chi connectivity index (χ1n) is 6.33. The van der Waals surface area contributed by atoms with Crippen LogP contribution in [-0.2, 0) is 0 Å². The third-order valence-corrected chi connectivity index (χ3v) is 3.96. The predicted molar refractivity (Wildman–Crippen MR) is 61.4 cm³/mol. The molecule has 2 atom stereocenters. The van der Waals surface area contributed by atoms with E-state index in [4.69, 9.17) is 0 Å². The van der Waals surface area contributed by atoms with Gasteiger partial charge in [-0.2, -0.15) is 0 Å². The van der Waals surface area contributed by atoms with E-state index >= 15 is 0 Å². The number of carbonyl (C=O) groups is 1. The Kier molecular flexibility index (Phi) is 2.73. The summed E-state index contributed by atoms with van der Waals surface area (Å²) in [6.07, 6.45) is 2.62. The van der Waals surface area contributed by atoms with Crippen LogP contribution in [0.1, 0.15) is 12.8 Å². The lowest BCUT2D eigenvalue weighted by Gasteiger charge is -2.37. The number of fused-ring (bicyclic) bond motifs is 1. The van der Waals surface area contributed by atoms with Crippen molar-refractivity contribution in [3.8, 4) is 0 Å². The van der Waals surface area contributed by atoms with Gasteiger partial charge >= 0.3 is 6.03 Å². The zero-order valence-electron chi connectivity index (χ0n) is 9.61. The van der Waals surface area contributed by atoms with Gasteiger partial charge in [-0.25, -0.2) is 4.79 Å². The molecule has 0 saturated carbocycles. The Bertz CT molecular complexity index is 277. The van der Waals surface area contributed by atoms with Crippen molar-refractivity contribution >= 4 is 6.03 Å². The molecule has 5 heteroatoms. The summed E-state index contributed by atoms with van der Waals surface area (Å²) in [5, 5.41) is 6.45. The Labute approximate surface area is 96.2 Å². The first-order chi connectivity index (χ1) is 7.83. The molecule has 2 amide bonds. The molecule has 0 aromatic rings. The van der Waals surface area contributed by atoms with Gasteiger partial charge in [-0.1, -0.05) is 0 Å². The summed E-state index contributed by atoms with van der Waals surface area (Å²) < 4.78 is 0. The molecule has 3 aliphatic rings. The normalized spacial score (nSPS) is 35.2. The number of urea groups is 1. The summed E-state index contributed by atoms with van der Waals surface area (Å²) in [6.45, 7) is 6.11. The van der Waals surface area contributed by atoms with Crippen molar-refractivity contribution in [2.75, 3.05) is 39.3 Å². The van der Waals surface area contributed by atoms with E-state index in [-0.39, 0.29) is 6.03 Å². The number of carbonyl (C=O) groups excluding carboxylic acids is 1. The molecule has 3 fully saturated rings. The predicted octanol–water partition coefficient (Wildman–Crippen LogP) is -0.552. The molecule has 2 N–H and O–H groups in total. The van der Waals surface area contributed by atoms with E-state index < -0.39 is 0 Å².